The van der Waals surface area contributed by atoms with Crippen LogP contribution in [-0.4, -0.2) is 33.6 Å². The van der Waals surface area contributed by atoms with Crippen LogP contribution in [0.25, 0.3) is 0 Å². The van der Waals surface area contributed by atoms with Gasteiger partial charge >= 0.3 is 6.18 Å². The zero-order chi connectivity index (χ0) is 18.1. The molecule has 1 unspecified atom stereocenters. The molecule has 0 saturated heterocycles. The maximum absolute atomic E-state index is 13.4. The van der Waals surface area contributed by atoms with Crippen LogP contribution in [0.4, 0.5) is 13.2 Å². The highest BCUT2D eigenvalue weighted by molar-refractivity contribution is 6.30. The summed E-state index contributed by atoms with van der Waals surface area (Å²) in [6.07, 6.45) is -4.84. The van der Waals surface area contributed by atoms with Crippen LogP contribution in [0.15, 0.2) is 29.4 Å². The van der Waals surface area contributed by atoms with Gasteiger partial charge < -0.3 is 5.11 Å². The van der Waals surface area contributed by atoms with Crippen LogP contribution in [0.3, 0.4) is 0 Å². The fourth-order valence-electron chi connectivity index (χ4n) is 2.36. The number of benzene rings is 1. The van der Waals surface area contributed by atoms with Gasteiger partial charge in [0.15, 0.2) is 0 Å². The van der Waals surface area contributed by atoms with Crippen molar-refractivity contribution in [2.24, 2.45) is 11.0 Å². The first-order valence-corrected chi connectivity index (χ1v) is 7.88. The summed E-state index contributed by atoms with van der Waals surface area (Å²) in [6.45, 7) is 3.87. The highest BCUT2D eigenvalue weighted by Crippen LogP contribution is 2.41. The average Bonchev–Trinajstić information content (AvgIpc) is 2.83. The zero-order valence-corrected chi connectivity index (χ0v) is 14.0. The van der Waals surface area contributed by atoms with Crippen molar-refractivity contribution in [2.45, 2.75) is 45.0 Å². The largest absolute Gasteiger partial charge is 0.438 e. The summed E-state index contributed by atoms with van der Waals surface area (Å²) >= 11 is 5.72. The molecule has 24 heavy (non-hydrogen) atoms. The van der Waals surface area contributed by atoms with Crippen LogP contribution in [-0.2, 0) is 0 Å². The summed E-state index contributed by atoms with van der Waals surface area (Å²) in [7, 11) is 0. The average molecular weight is 363 g/mol. The Hall–Kier alpha value is -1.60. The molecule has 1 aliphatic rings. The molecule has 0 spiro atoms. The number of carbonyl (C=O) groups excluding carboxylic acids is 1. The summed E-state index contributed by atoms with van der Waals surface area (Å²) in [5.41, 5.74) is -3.20. The van der Waals surface area contributed by atoms with Crippen molar-refractivity contribution < 1.29 is 23.1 Å². The number of hydrazone groups is 1. The maximum Gasteiger partial charge on any atom is 0.438 e. The number of amides is 1. The first kappa shape index (κ1) is 18.7. The predicted molar refractivity (Wildman–Crippen MR) is 84.8 cm³/mol. The third-order valence-corrected chi connectivity index (χ3v) is 4.04. The van der Waals surface area contributed by atoms with E-state index in [0.717, 1.165) is 0 Å². The van der Waals surface area contributed by atoms with Crippen molar-refractivity contribution in [3.8, 4) is 0 Å². The van der Waals surface area contributed by atoms with Gasteiger partial charge in [0.2, 0.25) is 0 Å². The molecular formula is C16H18ClF3N2O2. The van der Waals surface area contributed by atoms with Gasteiger partial charge in [-0.1, -0.05) is 25.4 Å². The summed E-state index contributed by atoms with van der Waals surface area (Å²) in [5.74, 6) is -0.751. The molecule has 1 heterocycles. The van der Waals surface area contributed by atoms with Crippen LogP contribution < -0.4 is 0 Å². The van der Waals surface area contributed by atoms with Crippen molar-refractivity contribution in [3.63, 3.8) is 0 Å². The second kappa shape index (κ2) is 6.72. The molecule has 1 aromatic rings. The highest BCUT2D eigenvalue weighted by atomic mass is 35.5. The van der Waals surface area contributed by atoms with Gasteiger partial charge in [-0.15, -0.1) is 0 Å². The third kappa shape index (κ3) is 3.72. The van der Waals surface area contributed by atoms with E-state index in [-0.39, 0.29) is 22.2 Å². The Bertz CT molecular complexity index is 644. The van der Waals surface area contributed by atoms with Crippen molar-refractivity contribution in [1.29, 1.82) is 0 Å². The van der Waals surface area contributed by atoms with E-state index in [1.54, 1.807) is 0 Å². The molecule has 0 aliphatic carbocycles. The van der Waals surface area contributed by atoms with Gasteiger partial charge in [-0.3, -0.25) is 4.79 Å². The van der Waals surface area contributed by atoms with E-state index in [1.165, 1.54) is 24.3 Å². The fourth-order valence-corrected chi connectivity index (χ4v) is 2.49. The minimum Gasteiger partial charge on any atom is -0.362 e. The van der Waals surface area contributed by atoms with Gasteiger partial charge in [0.25, 0.3) is 11.6 Å². The van der Waals surface area contributed by atoms with E-state index in [1.807, 2.05) is 13.8 Å². The molecule has 1 aliphatic heterocycles. The first-order chi connectivity index (χ1) is 11.0. The molecule has 1 N–H and O–H groups in total. The maximum atomic E-state index is 13.4. The van der Waals surface area contributed by atoms with E-state index >= 15 is 0 Å². The lowest BCUT2D eigenvalue weighted by molar-refractivity contribution is -0.297. The standard InChI is InChI=1S/C16H18ClF3N2O2/c1-10(2)3-8-13-9-15(24,16(18,19)20)22(21-13)14(23)11-4-6-12(17)7-5-11/h4-7,10,24H,3,8-9H2,1-2H3. The van der Waals surface area contributed by atoms with Crippen LogP contribution in [0, 0.1) is 5.92 Å². The van der Waals surface area contributed by atoms with Crippen molar-refractivity contribution >= 4 is 23.2 Å². The fraction of sp³-hybridized carbons (Fsp3) is 0.500. The van der Waals surface area contributed by atoms with Crippen LogP contribution in [0.2, 0.25) is 5.02 Å². The Labute approximate surface area is 142 Å². The Morgan fingerprint density at radius 3 is 2.46 bits per heavy atom. The lowest BCUT2D eigenvalue weighted by Gasteiger charge is -2.32. The molecule has 1 aromatic carbocycles. The van der Waals surface area contributed by atoms with Crippen LogP contribution >= 0.6 is 11.6 Å². The number of alkyl halides is 3. The summed E-state index contributed by atoms with van der Waals surface area (Å²) in [4.78, 5) is 12.4. The third-order valence-electron chi connectivity index (χ3n) is 3.79. The first-order valence-electron chi connectivity index (χ1n) is 7.50. The molecule has 132 valence electrons. The van der Waals surface area contributed by atoms with Gasteiger partial charge in [0, 0.05) is 22.7 Å². The van der Waals surface area contributed by atoms with Crippen molar-refractivity contribution in [2.75, 3.05) is 0 Å². The summed E-state index contributed by atoms with van der Waals surface area (Å²) in [5, 5.41) is 14.4. The Kier molecular flexibility index (Phi) is 5.25. The number of halogens is 4. The molecular weight excluding hydrogens is 345 g/mol. The number of aliphatic hydroxyl groups is 1. The zero-order valence-electron chi connectivity index (χ0n) is 13.3. The smallest absolute Gasteiger partial charge is 0.362 e. The molecule has 1 atom stereocenters. The van der Waals surface area contributed by atoms with E-state index in [0.29, 0.717) is 17.9 Å². The van der Waals surface area contributed by atoms with E-state index in [2.05, 4.69) is 5.10 Å². The SMILES string of the molecule is CC(C)CCC1=NN(C(=O)c2ccc(Cl)cc2)C(O)(C(F)(F)F)C1. The molecule has 0 bridgehead atoms. The van der Waals surface area contributed by atoms with Gasteiger partial charge in [-0.05, 0) is 43.0 Å². The van der Waals surface area contributed by atoms with E-state index in [4.69, 9.17) is 11.6 Å². The van der Waals surface area contributed by atoms with Gasteiger partial charge in [-0.25, -0.2) is 0 Å². The van der Waals surface area contributed by atoms with Crippen molar-refractivity contribution in [1.82, 2.24) is 5.01 Å². The number of carbonyl (C=O) groups is 1. The quantitative estimate of drug-likeness (QED) is 0.871. The van der Waals surface area contributed by atoms with Crippen molar-refractivity contribution in [3.05, 3.63) is 34.9 Å². The Balaban J connectivity index is 2.33. The molecule has 8 heteroatoms. The molecule has 0 saturated carbocycles. The van der Waals surface area contributed by atoms with Crippen LogP contribution in [0.1, 0.15) is 43.5 Å². The van der Waals surface area contributed by atoms with Gasteiger partial charge in [0.05, 0.1) is 0 Å². The number of hydrogen-bond acceptors (Lipinski definition) is 3. The van der Waals surface area contributed by atoms with Gasteiger partial charge in [-0.2, -0.15) is 23.3 Å². The van der Waals surface area contributed by atoms with E-state index < -0.39 is 24.2 Å². The number of rotatable bonds is 4. The van der Waals surface area contributed by atoms with E-state index in [9.17, 15) is 23.1 Å². The molecule has 0 aromatic heterocycles. The molecule has 0 fully saturated rings. The second-order valence-electron chi connectivity index (χ2n) is 6.21. The normalized spacial score (nSPS) is 21.3. The van der Waals surface area contributed by atoms with Crippen LogP contribution in [0.5, 0.6) is 0 Å². The van der Waals surface area contributed by atoms with Gasteiger partial charge in [0.1, 0.15) is 0 Å². The minimum absolute atomic E-state index is 0.0315. The lowest BCUT2D eigenvalue weighted by Crippen LogP contribution is -2.56. The second-order valence-corrected chi connectivity index (χ2v) is 6.65. The summed E-state index contributed by atoms with van der Waals surface area (Å²) in [6, 6.07) is 5.37. The number of hydrogen-bond donors (Lipinski definition) is 1. The molecule has 0 radical (unpaired) electrons. The Morgan fingerprint density at radius 2 is 1.96 bits per heavy atom. The lowest BCUT2D eigenvalue weighted by atomic mass is 9.99. The predicted octanol–water partition coefficient (Wildman–Crippen LogP) is 4.23. The molecule has 1 amide bonds. The monoisotopic (exact) mass is 362 g/mol. The summed E-state index contributed by atoms with van der Waals surface area (Å²) < 4.78 is 40.1. The topological polar surface area (TPSA) is 52.9 Å². The molecule has 2 rings (SSSR count). The minimum atomic E-state index is -5.02. The molecule has 4 nitrogen and oxygen atoms in total. The number of nitrogens with zero attached hydrogens (tertiary/aromatic N) is 2. The Morgan fingerprint density at radius 1 is 1.38 bits per heavy atom. The highest BCUT2D eigenvalue weighted by Gasteiger charge is 2.63.